The lowest BCUT2D eigenvalue weighted by Crippen LogP contribution is -2.19. The van der Waals surface area contributed by atoms with Gasteiger partial charge in [-0.15, -0.1) is 0 Å². The van der Waals surface area contributed by atoms with Crippen LogP contribution in [0.25, 0.3) is 0 Å². The van der Waals surface area contributed by atoms with Crippen molar-refractivity contribution in [2.24, 2.45) is 11.8 Å². The van der Waals surface area contributed by atoms with Gasteiger partial charge in [0.25, 0.3) is 0 Å². The highest BCUT2D eigenvalue weighted by molar-refractivity contribution is 6.33. The summed E-state index contributed by atoms with van der Waals surface area (Å²) in [5.74, 6) is 2.60. The number of rotatable bonds is 6. The Morgan fingerprint density at radius 3 is 2.50 bits per heavy atom. The zero-order valence-corrected chi connectivity index (χ0v) is 11.2. The van der Waals surface area contributed by atoms with E-state index in [1.165, 1.54) is 32.1 Å². The summed E-state index contributed by atoms with van der Waals surface area (Å²) in [6, 6.07) is 1.81. The summed E-state index contributed by atoms with van der Waals surface area (Å²) in [4.78, 5) is 4.18. The lowest BCUT2D eigenvalue weighted by atomic mass is 9.86. The lowest BCUT2D eigenvalue weighted by molar-refractivity contribution is 0.175. The summed E-state index contributed by atoms with van der Waals surface area (Å²) in [6.45, 7) is 1.48. The molecule has 0 unspecified atom stereocenters. The van der Waals surface area contributed by atoms with Gasteiger partial charge < -0.3 is 9.47 Å². The minimum atomic E-state index is 0.511. The van der Waals surface area contributed by atoms with Crippen LogP contribution < -0.4 is 9.47 Å². The molecule has 0 radical (unpaired) electrons. The second kappa shape index (κ2) is 5.35. The number of ether oxygens (including phenoxy) is 2. The maximum atomic E-state index is 6.24. The zero-order chi connectivity index (χ0) is 12.4. The minimum absolute atomic E-state index is 0.511. The van der Waals surface area contributed by atoms with Gasteiger partial charge in [0.1, 0.15) is 10.8 Å². The monoisotopic (exact) mass is 267 g/mol. The van der Waals surface area contributed by atoms with E-state index in [9.17, 15) is 0 Å². The molecular weight excluding hydrogens is 250 g/mol. The van der Waals surface area contributed by atoms with E-state index in [1.54, 1.807) is 12.3 Å². The van der Waals surface area contributed by atoms with E-state index in [1.807, 2.05) is 0 Å². The van der Waals surface area contributed by atoms with E-state index >= 15 is 0 Å². The second-order valence-corrected chi connectivity index (χ2v) is 5.67. The summed E-state index contributed by atoms with van der Waals surface area (Å²) >= 11 is 6.24. The van der Waals surface area contributed by atoms with Crippen molar-refractivity contribution in [3.63, 3.8) is 0 Å². The van der Waals surface area contributed by atoms with Crippen LogP contribution >= 0.6 is 11.6 Å². The molecule has 4 heteroatoms. The molecule has 3 nitrogen and oxygen atoms in total. The molecule has 2 fully saturated rings. The van der Waals surface area contributed by atoms with Crippen LogP contribution in [0.2, 0.25) is 5.02 Å². The minimum Gasteiger partial charge on any atom is -0.491 e. The first-order valence-electron chi connectivity index (χ1n) is 6.73. The number of aromatic nitrogens is 1. The van der Waals surface area contributed by atoms with Gasteiger partial charge in [0.15, 0.2) is 0 Å². The highest BCUT2D eigenvalue weighted by atomic mass is 35.5. The summed E-state index contributed by atoms with van der Waals surface area (Å²) in [7, 11) is 0. The number of pyridine rings is 1. The van der Waals surface area contributed by atoms with Crippen molar-refractivity contribution in [1.82, 2.24) is 4.98 Å². The van der Waals surface area contributed by atoms with Gasteiger partial charge >= 0.3 is 0 Å². The summed E-state index contributed by atoms with van der Waals surface area (Å²) in [5.41, 5.74) is 0. The van der Waals surface area contributed by atoms with E-state index in [-0.39, 0.29) is 0 Å². The highest BCUT2D eigenvalue weighted by Crippen LogP contribution is 2.35. The number of hydrogen-bond acceptors (Lipinski definition) is 3. The molecule has 1 aromatic heterocycles. The molecule has 0 spiro atoms. The van der Waals surface area contributed by atoms with E-state index in [2.05, 4.69) is 4.98 Å². The molecule has 0 amide bonds. The molecule has 98 valence electrons. The third-order valence-corrected chi connectivity index (χ3v) is 4.02. The smallest absolute Gasteiger partial charge is 0.236 e. The van der Waals surface area contributed by atoms with Crippen LogP contribution in [0.15, 0.2) is 12.3 Å². The van der Waals surface area contributed by atoms with Gasteiger partial charge in [-0.2, -0.15) is 0 Å². The maximum Gasteiger partial charge on any atom is 0.236 e. The summed E-state index contributed by atoms with van der Waals surface area (Å²) < 4.78 is 11.4. The Kier molecular flexibility index (Phi) is 3.59. The first kappa shape index (κ1) is 12.1. The Morgan fingerprint density at radius 1 is 1.11 bits per heavy atom. The summed E-state index contributed by atoms with van der Waals surface area (Å²) in [5, 5.41) is 0.512. The number of hydrogen-bond donors (Lipinski definition) is 0. The van der Waals surface area contributed by atoms with Crippen LogP contribution in [-0.2, 0) is 0 Å². The van der Waals surface area contributed by atoms with Gasteiger partial charge in [-0.1, -0.05) is 18.0 Å². The Balaban J connectivity index is 1.59. The van der Waals surface area contributed by atoms with Crippen LogP contribution in [0, 0.1) is 11.8 Å². The predicted octanol–water partition coefficient (Wildman–Crippen LogP) is 3.70. The Morgan fingerprint density at radius 2 is 1.83 bits per heavy atom. The maximum absolute atomic E-state index is 6.24. The normalized spacial score (nSPS) is 19.4. The van der Waals surface area contributed by atoms with Crippen molar-refractivity contribution in [2.75, 3.05) is 13.2 Å². The number of halogens is 1. The van der Waals surface area contributed by atoms with Gasteiger partial charge in [-0.3, -0.25) is 0 Å². The largest absolute Gasteiger partial charge is 0.491 e. The molecule has 0 aromatic carbocycles. The molecule has 2 saturated carbocycles. The van der Waals surface area contributed by atoms with Crippen molar-refractivity contribution in [2.45, 2.75) is 32.1 Å². The van der Waals surface area contributed by atoms with Crippen LogP contribution in [0.5, 0.6) is 11.6 Å². The fourth-order valence-electron chi connectivity index (χ4n) is 1.97. The fourth-order valence-corrected chi connectivity index (χ4v) is 2.19. The second-order valence-electron chi connectivity index (χ2n) is 5.29. The molecule has 0 bridgehead atoms. The van der Waals surface area contributed by atoms with Crippen molar-refractivity contribution >= 4 is 11.6 Å². The SMILES string of the molecule is Clc1c(OCC2CC2)ccnc1OCC1CCC1. The zero-order valence-electron chi connectivity index (χ0n) is 10.4. The van der Waals surface area contributed by atoms with Crippen LogP contribution in [0.1, 0.15) is 32.1 Å². The van der Waals surface area contributed by atoms with Gasteiger partial charge in [0.05, 0.1) is 13.2 Å². The highest BCUT2D eigenvalue weighted by Gasteiger charge is 2.23. The van der Waals surface area contributed by atoms with Crippen molar-refractivity contribution in [3.05, 3.63) is 17.3 Å². The molecule has 3 rings (SSSR count). The average Bonchev–Trinajstić information content (AvgIpc) is 3.11. The van der Waals surface area contributed by atoms with Gasteiger partial charge in [-0.05, 0) is 37.5 Å². The third-order valence-electron chi connectivity index (χ3n) is 3.67. The molecule has 0 atom stereocenters. The molecule has 2 aliphatic rings. The van der Waals surface area contributed by atoms with E-state index in [0.717, 1.165) is 13.2 Å². The average molecular weight is 268 g/mol. The molecular formula is C14H18ClNO2. The Labute approximate surface area is 112 Å². The summed E-state index contributed by atoms with van der Waals surface area (Å²) in [6.07, 6.45) is 8.08. The lowest BCUT2D eigenvalue weighted by Gasteiger charge is -2.25. The Bertz CT molecular complexity index is 416. The van der Waals surface area contributed by atoms with Gasteiger partial charge in [0, 0.05) is 12.3 Å². The quantitative estimate of drug-likeness (QED) is 0.787. The number of nitrogens with zero attached hydrogens (tertiary/aromatic N) is 1. The van der Waals surface area contributed by atoms with Crippen LogP contribution in [0.4, 0.5) is 0 Å². The van der Waals surface area contributed by atoms with Crippen molar-refractivity contribution in [3.8, 4) is 11.6 Å². The first-order chi connectivity index (χ1) is 8.83. The molecule has 0 saturated heterocycles. The molecule has 2 aliphatic carbocycles. The van der Waals surface area contributed by atoms with Crippen molar-refractivity contribution < 1.29 is 9.47 Å². The topological polar surface area (TPSA) is 31.4 Å². The van der Waals surface area contributed by atoms with E-state index < -0.39 is 0 Å². The molecule has 0 aliphatic heterocycles. The van der Waals surface area contributed by atoms with Crippen LogP contribution in [0.3, 0.4) is 0 Å². The molecule has 0 N–H and O–H groups in total. The molecule has 18 heavy (non-hydrogen) atoms. The Hall–Kier alpha value is -0.960. The standard InChI is InChI=1S/C14H18ClNO2/c15-13-12(17-8-11-4-5-11)6-7-16-14(13)18-9-10-2-1-3-10/h6-7,10-11H,1-5,8-9H2. The predicted molar refractivity (Wildman–Crippen MR) is 70.3 cm³/mol. The van der Waals surface area contributed by atoms with Gasteiger partial charge in [-0.25, -0.2) is 4.98 Å². The third kappa shape index (κ3) is 2.89. The van der Waals surface area contributed by atoms with Gasteiger partial charge in [0.2, 0.25) is 5.88 Å². The van der Waals surface area contributed by atoms with E-state index in [0.29, 0.717) is 28.5 Å². The fraction of sp³-hybridized carbons (Fsp3) is 0.643. The van der Waals surface area contributed by atoms with Crippen molar-refractivity contribution in [1.29, 1.82) is 0 Å². The van der Waals surface area contributed by atoms with Crippen LogP contribution in [-0.4, -0.2) is 18.2 Å². The molecule has 1 heterocycles. The van der Waals surface area contributed by atoms with E-state index in [4.69, 9.17) is 21.1 Å². The first-order valence-corrected chi connectivity index (χ1v) is 7.11. The molecule has 1 aromatic rings.